The van der Waals surface area contributed by atoms with Crippen LogP contribution in [0, 0.1) is 12.8 Å². The van der Waals surface area contributed by atoms with Crippen molar-refractivity contribution in [2.45, 2.75) is 24.7 Å². The Morgan fingerprint density at radius 1 is 1.24 bits per heavy atom. The molecule has 1 fully saturated rings. The van der Waals surface area contributed by atoms with Gasteiger partial charge in [0.1, 0.15) is 0 Å². The minimum atomic E-state index is -3.67. The molecule has 1 amide bonds. The maximum Gasteiger partial charge on any atom is 0.360 e. The van der Waals surface area contributed by atoms with Crippen LogP contribution in [-0.4, -0.2) is 54.6 Å². The van der Waals surface area contributed by atoms with Crippen molar-refractivity contribution in [1.82, 2.24) is 14.1 Å². The summed E-state index contributed by atoms with van der Waals surface area (Å²) in [5, 5.41) is 6.85. The summed E-state index contributed by atoms with van der Waals surface area (Å²) >= 11 is 0. The summed E-state index contributed by atoms with van der Waals surface area (Å²) in [6.45, 7) is 2.17. The topological polar surface area (TPSA) is 111 Å². The van der Waals surface area contributed by atoms with Crippen LogP contribution in [0.25, 0.3) is 0 Å². The molecule has 2 heterocycles. The molecule has 0 bridgehead atoms. The number of amides is 1. The van der Waals surface area contributed by atoms with Crippen LogP contribution in [0.2, 0.25) is 0 Å². The molecule has 0 saturated carbocycles. The van der Waals surface area contributed by atoms with E-state index in [1.807, 2.05) is 0 Å². The maximum absolute atomic E-state index is 12.9. The average molecular weight is 420 g/mol. The van der Waals surface area contributed by atoms with Crippen LogP contribution in [0.1, 0.15) is 29.0 Å². The van der Waals surface area contributed by atoms with Crippen LogP contribution < -0.4 is 5.32 Å². The largest absolute Gasteiger partial charge is 0.464 e. The first-order chi connectivity index (χ1) is 13.8. The minimum Gasteiger partial charge on any atom is -0.464 e. The molecule has 10 heteroatoms. The van der Waals surface area contributed by atoms with Gasteiger partial charge in [-0.05, 0) is 31.9 Å². The molecule has 0 spiro atoms. The Morgan fingerprint density at radius 3 is 2.59 bits per heavy atom. The number of piperidine rings is 1. The van der Waals surface area contributed by atoms with Crippen LogP contribution in [0.5, 0.6) is 0 Å². The maximum atomic E-state index is 12.9. The average Bonchev–Trinajstić information content (AvgIpc) is 3.02. The highest BCUT2D eigenvalue weighted by Gasteiger charge is 2.34. The second-order valence-corrected chi connectivity index (χ2v) is 8.87. The van der Waals surface area contributed by atoms with Gasteiger partial charge in [-0.25, -0.2) is 13.2 Å². The van der Waals surface area contributed by atoms with Crippen molar-refractivity contribution < 1.29 is 22.7 Å². The van der Waals surface area contributed by atoms with Crippen molar-refractivity contribution in [2.75, 3.05) is 25.5 Å². The first kappa shape index (κ1) is 21.0. The molecule has 0 radical (unpaired) electrons. The van der Waals surface area contributed by atoms with Gasteiger partial charge in [-0.2, -0.15) is 9.40 Å². The monoisotopic (exact) mass is 420 g/mol. The fourth-order valence-corrected chi connectivity index (χ4v) is 4.88. The van der Waals surface area contributed by atoms with Crippen LogP contribution in [-0.2, 0) is 26.6 Å². The molecule has 3 rings (SSSR count). The molecule has 29 heavy (non-hydrogen) atoms. The van der Waals surface area contributed by atoms with Crippen molar-refractivity contribution in [1.29, 1.82) is 0 Å². The van der Waals surface area contributed by atoms with Crippen LogP contribution in [0.3, 0.4) is 0 Å². The zero-order chi connectivity index (χ0) is 21.2. The van der Waals surface area contributed by atoms with Crippen molar-refractivity contribution in [3.05, 3.63) is 41.7 Å². The molecular weight excluding hydrogens is 396 g/mol. The summed E-state index contributed by atoms with van der Waals surface area (Å²) < 4.78 is 33.3. The molecule has 1 aromatic carbocycles. The molecule has 156 valence electrons. The Kier molecular flexibility index (Phi) is 6.04. The molecule has 1 aliphatic rings. The lowest BCUT2D eigenvalue weighted by Gasteiger charge is -2.31. The molecule has 1 aromatic heterocycles. The number of rotatable bonds is 5. The van der Waals surface area contributed by atoms with Gasteiger partial charge >= 0.3 is 5.97 Å². The Balaban J connectivity index is 1.79. The zero-order valence-corrected chi connectivity index (χ0v) is 17.4. The summed E-state index contributed by atoms with van der Waals surface area (Å²) in [5.41, 5.74) is 0.904. The van der Waals surface area contributed by atoms with Crippen molar-refractivity contribution in [3.8, 4) is 0 Å². The van der Waals surface area contributed by atoms with Gasteiger partial charge < -0.3 is 10.1 Å². The third-order valence-electron chi connectivity index (χ3n) is 5.10. The van der Waals surface area contributed by atoms with Gasteiger partial charge in [0, 0.05) is 20.1 Å². The van der Waals surface area contributed by atoms with E-state index >= 15 is 0 Å². The summed E-state index contributed by atoms with van der Waals surface area (Å²) in [5.74, 6) is -1.53. The van der Waals surface area contributed by atoms with Gasteiger partial charge in [0.05, 0.1) is 29.3 Å². The highest BCUT2D eigenvalue weighted by Crippen LogP contribution is 2.26. The normalized spacial score (nSPS) is 17.7. The van der Waals surface area contributed by atoms with Gasteiger partial charge in [0.2, 0.25) is 15.9 Å². The Labute approximate surface area is 169 Å². The van der Waals surface area contributed by atoms with Crippen molar-refractivity contribution in [3.63, 3.8) is 0 Å². The highest BCUT2D eigenvalue weighted by molar-refractivity contribution is 7.89. The molecule has 9 nitrogen and oxygen atoms in total. The second kappa shape index (κ2) is 8.34. The van der Waals surface area contributed by atoms with Gasteiger partial charge in [-0.1, -0.05) is 18.2 Å². The Hall–Kier alpha value is -2.72. The molecular formula is C19H24N4O5S. The number of sulfonamides is 1. The molecule has 1 N–H and O–H groups in total. The SMILES string of the molecule is COC(=O)c1nn(C)c(C)c1NC(=O)C1CCCN(S(=O)(=O)c2ccccc2)C1. The van der Waals surface area contributed by atoms with Crippen LogP contribution >= 0.6 is 0 Å². The number of aryl methyl sites for hydroxylation is 1. The fourth-order valence-electron chi connectivity index (χ4n) is 3.34. The third-order valence-corrected chi connectivity index (χ3v) is 6.98. The Morgan fingerprint density at radius 2 is 1.93 bits per heavy atom. The fraction of sp³-hybridized carbons (Fsp3) is 0.421. The number of esters is 1. The number of nitrogens with zero attached hydrogens (tertiary/aromatic N) is 3. The molecule has 0 aliphatic carbocycles. The van der Waals surface area contributed by atoms with E-state index in [4.69, 9.17) is 4.74 Å². The number of aromatic nitrogens is 2. The van der Waals surface area contributed by atoms with E-state index in [1.54, 1.807) is 44.3 Å². The quantitative estimate of drug-likeness (QED) is 0.735. The van der Waals surface area contributed by atoms with Crippen molar-refractivity contribution >= 4 is 27.6 Å². The summed E-state index contributed by atoms with van der Waals surface area (Å²) in [4.78, 5) is 25.0. The van der Waals surface area contributed by atoms with E-state index in [-0.39, 0.29) is 28.7 Å². The van der Waals surface area contributed by atoms with Gasteiger partial charge in [0.25, 0.3) is 0 Å². The van der Waals surface area contributed by atoms with Gasteiger partial charge in [0.15, 0.2) is 5.69 Å². The lowest BCUT2D eigenvalue weighted by atomic mass is 9.98. The van der Waals surface area contributed by atoms with Crippen LogP contribution in [0.4, 0.5) is 5.69 Å². The summed E-state index contributed by atoms with van der Waals surface area (Å²) in [7, 11) is -0.768. The van der Waals surface area contributed by atoms with E-state index in [2.05, 4.69) is 10.4 Å². The first-order valence-corrected chi connectivity index (χ1v) is 10.7. The molecule has 2 aromatic rings. The van der Waals surface area contributed by atoms with Gasteiger partial charge in [-0.15, -0.1) is 0 Å². The molecule has 1 unspecified atom stereocenters. The van der Waals surface area contributed by atoms with E-state index in [9.17, 15) is 18.0 Å². The van der Waals surface area contributed by atoms with E-state index in [0.717, 1.165) is 0 Å². The predicted octanol–water partition coefficient (Wildman–Crippen LogP) is 1.55. The molecule has 1 aliphatic heterocycles. The van der Waals surface area contributed by atoms with E-state index < -0.39 is 21.9 Å². The number of benzene rings is 1. The second-order valence-electron chi connectivity index (χ2n) is 6.93. The number of anilines is 1. The Bertz CT molecular complexity index is 1020. The smallest absolute Gasteiger partial charge is 0.360 e. The number of hydrogen-bond acceptors (Lipinski definition) is 6. The lowest BCUT2D eigenvalue weighted by molar-refractivity contribution is -0.120. The number of hydrogen-bond donors (Lipinski definition) is 1. The van der Waals surface area contributed by atoms with E-state index in [0.29, 0.717) is 25.1 Å². The number of nitrogens with one attached hydrogen (secondary N) is 1. The lowest BCUT2D eigenvalue weighted by Crippen LogP contribution is -2.43. The predicted molar refractivity (Wildman–Crippen MR) is 106 cm³/mol. The summed E-state index contributed by atoms with van der Waals surface area (Å²) in [6, 6.07) is 8.17. The number of carbonyl (C=O) groups is 2. The van der Waals surface area contributed by atoms with Crippen molar-refractivity contribution in [2.24, 2.45) is 13.0 Å². The number of ether oxygens (including phenoxy) is 1. The number of methoxy groups -OCH3 is 1. The standard InChI is InChI=1S/C19H24N4O5S/c1-13-16(17(19(25)28-3)21-22(13)2)20-18(24)14-8-7-11-23(12-14)29(26,27)15-9-5-4-6-10-15/h4-6,9-10,14H,7-8,11-12H2,1-3H3,(H,20,24). The molecule has 1 atom stereocenters. The minimum absolute atomic E-state index is 0.0189. The number of carbonyl (C=O) groups excluding carboxylic acids is 2. The first-order valence-electron chi connectivity index (χ1n) is 9.23. The highest BCUT2D eigenvalue weighted by atomic mass is 32.2. The van der Waals surface area contributed by atoms with Gasteiger partial charge in [-0.3, -0.25) is 9.48 Å². The third kappa shape index (κ3) is 4.18. The zero-order valence-electron chi connectivity index (χ0n) is 16.6. The van der Waals surface area contributed by atoms with Crippen LogP contribution in [0.15, 0.2) is 35.2 Å². The summed E-state index contributed by atoms with van der Waals surface area (Å²) in [6.07, 6.45) is 1.12. The van der Waals surface area contributed by atoms with E-state index in [1.165, 1.54) is 16.1 Å². The molecule has 1 saturated heterocycles.